The second-order valence-electron chi connectivity index (χ2n) is 5.48. The summed E-state index contributed by atoms with van der Waals surface area (Å²) in [7, 11) is 0. The first-order valence-corrected chi connectivity index (χ1v) is 6.81. The predicted molar refractivity (Wildman–Crippen MR) is 79.0 cm³/mol. The van der Waals surface area contributed by atoms with E-state index in [0.29, 0.717) is 17.2 Å². The van der Waals surface area contributed by atoms with Crippen LogP contribution in [-0.2, 0) is 4.79 Å². The quantitative estimate of drug-likeness (QED) is 0.914. The summed E-state index contributed by atoms with van der Waals surface area (Å²) in [6.45, 7) is 9.98. The minimum absolute atomic E-state index is 0.0173. The fourth-order valence-corrected chi connectivity index (χ4v) is 2.11. The van der Waals surface area contributed by atoms with Crippen molar-refractivity contribution in [3.05, 3.63) is 42.0 Å². The van der Waals surface area contributed by atoms with Crippen LogP contribution in [0, 0.1) is 5.92 Å². The Hall–Kier alpha value is -2.10. The van der Waals surface area contributed by atoms with Gasteiger partial charge in [0.1, 0.15) is 6.54 Å². The minimum Gasteiger partial charge on any atom is -0.352 e. The third-order valence-corrected chi connectivity index (χ3v) is 3.73. The van der Waals surface area contributed by atoms with Crippen molar-refractivity contribution in [2.24, 2.45) is 5.92 Å². The number of carbonyl (C=O) groups is 2. The molecule has 0 unspecified atom stereocenters. The number of nitrogens with zero attached hydrogens (tertiary/aromatic N) is 1. The van der Waals surface area contributed by atoms with Crippen molar-refractivity contribution in [2.45, 2.75) is 26.8 Å². The van der Waals surface area contributed by atoms with Gasteiger partial charge >= 0.3 is 0 Å². The zero-order valence-corrected chi connectivity index (χ0v) is 12.1. The van der Waals surface area contributed by atoms with Crippen LogP contribution in [0.3, 0.4) is 0 Å². The second kappa shape index (κ2) is 5.49. The van der Waals surface area contributed by atoms with E-state index < -0.39 is 0 Å². The predicted octanol–water partition coefficient (Wildman–Crippen LogP) is 2.27. The van der Waals surface area contributed by atoms with E-state index in [4.69, 9.17) is 0 Å². The van der Waals surface area contributed by atoms with Crippen molar-refractivity contribution in [2.75, 3.05) is 6.54 Å². The Morgan fingerprint density at radius 1 is 1.25 bits per heavy atom. The molecule has 2 rings (SSSR count). The molecule has 0 aliphatic carbocycles. The van der Waals surface area contributed by atoms with E-state index in [2.05, 4.69) is 11.9 Å². The lowest BCUT2D eigenvalue weighted by Crippen LogP contribution is -2.42. The number of hydrogen-bond donors (Lipinski definition) is 1. The maximum Gasteiger partial charge on any atom is 0.259 e. The molecule has 1 heterocycles. The molecule has 4 nitrogen and oxygen atoms in total. The van der Waals surface area contributed by atoms with E-state index in [1.165, 1.54) is 4.90 Å². The number of benzene rings is 1. The summed E-state index contributed by atoms with van der Waals surface area (Å²) in [4.78, 5) is 25.7. The molecule has 2 amide bonds. The molecule has 0 spiro atoms. The van der Waals surface area contributed by atoms with Crippen LogP contribution in [0.15, 0.2) is 30.8 Å². The lowest BCUT2D eigenvalue weighted by Gasteiger charge is -2.21. The third-order valence-electron chi connectivity index (χ3n) is 3.73. The van der Waals surface area contributed by atoms with E-state index in [0.717, 1.165) is 5.56 Å². The van der Waals surface area contributed by atoms with Gasteiger partial charge in [-0.1, -0.05) is 38.6 Å². The molecule has 106 valence electrons. The van der Waals surface area contributed by atoms with Gasteiger partial charge in [-0.15, -0.1) is 0 Å². The molecule has 0 aromatic heterocycles. The highest BCUT2D eigenvalue weighted by atomic mass is 16.2. The van der Waals surface area contributed by atoms with Gasteiger partial charge in [0, 0.05) is 22.9 Å². The van der Waals surface area contributed by atoms with Gasteiger partial charge in [0.15, 0.2) is 0 Å². The molecule has 0 bridgehead atoms. The molecule has 0 fully saturated rings. The first-order chi connectivity index (χ1) is 9.41. The Morgan fingerprint density at radius 2 is 1.85 bits per heavy atom. The van der Waals surface area contributed by atoms with Gasteiger partial charge in [-0.05, 0) is 18.9 Å². The molecule has 1 N–H and O–H groups in total. The summed E-state index contributed by atoms with van der Waals surface area (Å²) < 4.78 is 0. The Labute approximate surface area is 119 Å². The summed E-state index contributed by atoms with van der Waals surface area (Å²) in [5.74, 6) is 0.0417. The second-order valence-corrected chi connectivity index (χ2v) is 5.48. The highest BCUT2D eigenvalue weighted by molar-refractivity contribution is 6.10. The first-order valence-electron chi connectivity index (χ1n) is 6.81. The molecule has 0 saturated carbocycles. The van der Waals surface area contributed by atoms with Crippen molar-refractivity contribution >= 4 is 17.5 Å². The van der Waals surface area contributed by atoms with E-state index in [1.807, 2.05) is 39.0 Å². The van der Waals surface area contributed by atoms with Crippen molar-refractivity contribution in [1.29, 1.82) is 0 Å². The van der Waals surface area contributed by atoms with Crippen LogP contribution in [0.2, 0.25) is 0 Å². The molecular weight excluding hydrogens is 252 g/mol. The summed E-state index contributed by atoms with van der Waals surface area (Å²) in [6, 6.07) is 7.37. The molecule has 1 aliphatic heterocycles. The van der Waals surface area contributed by atoms with E-state index >= 15 is 0 Å². The maximum atomic E-state index is 12.2. The molecule has 20 heavy (non-hydrogen) atoms. The Balaban J connectivity index is 2.07. The van der Waals surface area contributed by atoms with Gasteiger partial charge in [0.05, 0.1) is 0 Å². The largest absolute Gasteiger partial charge is 0.352 e. The zero-order chi connectivity index (χ0) is 14.9. The van der Waals surface area contributed by atoms with Gasteiger partial charge in [-0.2, -0.15) is 0 Å². The topological polar surface area (TPSA) is 49.4 Å². The third kappa shape index (κ3) is 2.59. The summed E-state index contributed by atoms with van der Waals surface area (Å²) in [5.41, 5.74) is 2.02. The normalized spacial score (nSPS) is 15.5. The standard InChI is InChI=1S/C16H20N2O2/c1-10(2)11(3)17-15(19)9-18-12(4)13-7-5-6-8-14(13)16(18)20/h5-8,10-11H,4,9H2,1-3H3,(H,17,19)/t11-/m1/s1. The number of rotatable bonds is 4. The molecule has 0 saturated heterocycles. The molecule has 0 radical (unpaired) electrons. The highest BCUT2D eigenvalue weighted by Crippen LogP contribution is 2.30. The minimum atomic E-state index is -0.159. The fraction of sp³-hybridized carbons (Fsp3) is 0.375. The van der Waals surface area contributed by atoms with Crippen molar-refractivity contribution in [3.8, 4) is 0 Å². The van der Waals surface area contributed by atoms with Crippen LogP contribution in [0.5, 0.6) is 0 Å². The smallest absolute Gasteiger partial charge is 0.259 e. The van der Waals surface area contributed by atoms with Crippen molar-refractivity contribution in [1.82, 2.24) is 10.2 Å². The maximum absolute atomic E-state index is 12.2. The average Bonchev–Trinajstić information content (AvgIpc) is 2.64. The number of amides is 2. The molecule has 4 heteroatoms. The van der Waals surface area contributed by atoms with Crippen LogP contribution in [0.4, 0.5) is 0 Å². The van der Waals surface area contributed by atoms with Crippen LogP contribution in [-0.4, -0.2) is 29.3 Å². The lowest BCUT2D eigenvalue weighted by molar-refractivity contribution is -0.122. The number of carbonyl (C=O) groups excluding carboxylic acids is 2. The van der Waals surface area contributed by atoms with Gasteiger partial charge in [-0.25, -0.2) is 0 Å². The van der Waals surface area contributed by atoms with Gasteiger partial charge < -0.3 is 5.32 Å². The van der Waals surface area contributed by atoms with Gasteiger partial charge in [-0.3, -0.25) is 14.5 Å². The molecule has 1 aromatic rings. The van der Waals surface area contributed by atoms with E-state index in [1.54, 1.807) is 6.07 Å². The van der Waals surface area contributed by atoms with Crippen molar-refractivity contribution < 1.29 is 9.59 Å². The first kappa shape index (κ1) is 14.3. The van der Waals surface area contributed by atoms with Crippen molar-refractivity contribution in [3.63, 3.8) is 0 Å². The van der Waals surface area contributed by atoms with Gasteiger partial charge in [0.25, 0.3) is 5.91 Å². The van der Waals surface area contributed by atoms with Crippen LogP contribution >= 0.6 is 0 Å². The Morgan fingerprint density at radius 3 is 2.40 bits per heavy atom. The molecule has 1 aliphatic rings. The van der Waals surface area contributed by atoms with Crippen LogP contribution < -0.4 is 5.32 Å². The Kier molecular flexibility index (Phi) is 3.93. The van der Waals surface area contributed by atoms with Crippen LogP contribution in [0.25, 0.3) is 5.70 Å². The summed E-state index contributed by atoms with van der Waals surface area (Å²) in [6.07, 6.45) is 0. The lowest BCUT2D eigenvalue weighted by atomic mass is 10.1. The number of nitrogens with one attached hydrogen (secondary N) is 1. The van der Waals surface area contributed by atoms with Gasteiger partial charge in [0.2, 0.25) is 5.91 Å². The molecular formula is C16H20N2O2. The number of fused-ring (bicyclic) bond motifs is 1. The van der Waals surface area contributed by atoms with Crippen LogP contribution in [0.1, 0.15) is 36.7 Å². The zero-order valence-electron chi connectivity index (χ0n) is 12.1. The number of hydrogen-bond acceptors (Lipinski definition) is 2. The summed E-state index contributed by atoms with van der Waals surface area (Å²) >= 11 is 0. The average molecular weight is 272 g/mol. The fourth-order valence-electron chi connectivity index (χ4n) is 2.11. The SMILES string of the molecule is C=C1c2ccccc2C(=O)N1CC(=O)N[C@H](C)C(C)C. The summed E-state index contributed by atoms with van der Waals surface area (Å²) in [5, 5.41) is 2.90. The van der Waals surface area contributed by atoms with E-state index in [9.17, 15) is 9.59 Å². The molecule has 1 atom stereocenters. The monoisotopic (exact) mass is 272 g/mol. The Bertz CT molecular complexity index is 528. The van der Waals surface area contributed by atoms with E-state index in [-0.39, 0.29) is 24.4 Å². The molecule has 1 aromatic carbocycles. The highest BCUT2D eigenvalue weighted by Gasteiger charge is 2.32.